The third-order valence-corrected chi connectivity index (χ3v) is 5.03. The van der Waals surface area contributed by atoms with E-state index >= 15 is 0 Å². The first-order chi connectivity index (χ1) is 11.0. The summed E-state index contributed by atoms with van der Waals surface area (Å²) >= 11 is 4.90. The number of hydrogen-bond donors (Lipinski definition) is 2. The topological polar surface area (TPSA) is 55.1 Å². The predicted molar refractivity (Wildman–Crippen MR) is 98.2 cm³/mol. The normalized spacial score (nSPS) is 12.0. The highest BCUT2D eigenvalue weighted by molar-refractivity contribution is 9.10. The zero-order chi connectivity index (χ0) is 16.8. The van der Waals surface area contributed by atoms with Gasteiger partial charge >= 0.3 is 0 Å². The molecule has 2 rings (SSSR count). The maximum atomic E-state index is 14.3. The number of nitrogen functional groups attached to an aromatic ring is 1. The molecule has 0 saturated heterocycles. The summed E-state index contributed by atoms with van der Waals surface area (Å²) in [6.45, 7) is 0. The molecule has 23 heavy (non-hydrogen) atoms. The lowest BCUT2D eigenvalue weighted by Gasteiger charge is -2.20. The highest BCUT2D eigenvalue weighted by Crippen LogP contribution is 2.34. The minimum Gasteiger partial charge on any atom is -0.398 e. The fourth-order valence-electron chi connectivity index (χ4n) is 2.29. The smallest absolute Gasteiger partial charge is 0.229 e. The Balaban J connectivity index is 2.33. The number of benzene rings is 2. The van der Waals surface area contributed by atoms with Crippen LogP contribution >= 0.6 is 27.7 Å². The molecule has 0 aliphatic rings. The van der Waals surface area contributed by atoms with E-state index < -0.39 is 0 Å². The van der Waals surface area contributed by atoms with Crippen molar-refractivity contribution in [2.45, 2.75) is 5.92 Å². The van der Waals surface area contributed by atoms with Gasteiger partial charge in [-0.2, -0.15) is 11.8 Å². The van der Waals surface area contributed by atoms with Gasteiger partial charge in [-0.25, -0.2) is 4.39 Å². The van der Waals surface area contributed by atoms with Crippen LogP contribution in [-0.4, -0.2) is 24.5 Å². The third kappa shape index (κ3) is 4.72. The summed E-state index contributed by atoms with van der Waals surface area (Å²) in [5, 5.41) is 2.58. The molecule has 0 heterocycles. The van der Waals surface area contributed by atoms with Gasteiger partial charge in [0.2, 0.25) is 5.91 Å². The molecular formula is C17H18BrFN2OS. The van der Waals surface area contributed by atoms with Crippen molar-refractivity contribution in [3.8, 4) is 0 Å². The zero-order valence-corrected chi connectivity index (χ0v) is 15.1. The van der Waals surface area contributed by atoms with E-state index in [2.05, 4.69) is 21.2 Å². The molecule has 2 aromatic rings. The lowest BCUT2D eigenvalue weighted by molar-refractivity contribution is -0.118. The minimum atomic E-state index is -0.266. The molecule has 1 atom stereocenters. The van der Waals surface area contributed by atoms with Crippen molar-refractivity contribution in [1.82, 2.24) is 5.32 Å². The summed E-state index contributed by atoms with van der Waals surface area (Å²) in [4.78, 5) is 11.4. The van der Waals surface area contributed by atoms with Crippen LogP contribution in [0.2, 0.25) is 0 Å². The number of carbonyl (C=O) groups excluding carboxylic acids is 1. The van der Waals surface area contributed by atoms with E-state index in [0.717, 1.165) is 10.0 Å². The Bertz CT molecular complexity index is 696. The zero-order valence-electron chi connectivity index (χ0n) is 12.7. The molecule has 0 radical (unpaired) electrons. The van der Waals surface area contributed by atoms with Crippen molar-refractivity contribution in [3.05, 3.63) is 63.9 Å². The van der Waals surface area contributed by atoms with Crippen LogP contribution in [0.1, 0.15) is 17.0 Å². The van der Waals surface area contributed by atoms with E-state index in [0.29, 0.717) is 22.8 Å². The molecule has 1 amide bonds. The molecule has 0 bridgehead atoms. The van der Waals surface area contributed by atoms with E-state index in [9.17, 15) is 9.18 Å². The minimum absolute atomic E-state index is 0.0514. The standard InChI is InChI=1S/C17H18BrFN2OS/c1-21-17(22)10-23-9-14(12-4-2-3-5-15(12)19)13-8-11(18)6-7-16(13)20/h2-8,14H,9-10,20H2,1H3,(H,21,22). The number of halogens is 2. The van der Waals surface area contributed by atoms with Crippen LogP contribution in [0, 0.1) is 5.82 Å². The first kappa shape index (κ1) is 17.8. The Morgan fingerprint density at radius 2 is 2.04 bits per heavy atom. The van der Waals surface area contributed by atoms with Crippen LogP contribution in [0.15, 0.2) is 46.9 Å². The van der Waals surface area contributed by atoms with Gasteiger partial charge in [0, 0.05) is 28.9 Å². The first-order valence-electron chi connectivity index (χ1n) is 7.10. The first-order valence-corrected chi connectivity index (χ1v) is 9.05. The largest absolute Gasteiger partial charge is 0.398 e. The van der Waals surface area contributed by atoms with Gasteiger partial charge in [0.1, 0.15) is 5.82 Å². The molecule has 0 fully saturated rings. The number of anilines is 1. The fourth-order valence-corrected chi connectivity index (χ4v) is 3.72. The maximum Gasteiger partial charge on any atom is 0.229 e. The summed E-state index contributed by atoms with van der Waals surface area (Å²) < 4.78 is 15.2. The number of nitrogens with one attached hydrogen (secondary N) is 1. The number of thioether (sulfide) groups is 1. The fraction of sp³-hybridized carbons (Fsp3) is 0.235. The Labute approximate surface area is 148 Å². The molecule has 0 aliphatic heterocycles. The SMILES string of the molecule is CNC(=O)CSCC(c1cc(Br)ccc1N)c1ccccc1F. The second kappa shape index (κ2) is 8.36. The molecule has 0 spiro atoms. The summed E-state index contributed by atoms with van der Waals surface area (Å²) in [6, 6.07) is 12.3. The van der Waals surface area contributed by atoms with Gasteiger partial charge in [0.25, 0.3) is 0 Å². The highest BCUT2D eigenvalue weighted by Gasteiger charge is 2.20. The Hall–Kier alpha value is -1.53. The monoisotopic (exact) mass is 396 g/mol. The van der Waals surface area contributed by atoms with Crippen molar-refractivity contribution in [2.24, 2.45) is 0 Å². The van der Waals surface area contributed by atoms with Gasteiger partial charge in [-0.3, -0.25) is 4.79 Å². The van der Waals surface area contributed by atoms with Crippen molar-refractivity contribution >= 4 is 39.3 Å². The lowest BCUT2D eigenvalue weighted by atomic mass is 9.91. The predicted octanol–water partition coefficient (Wildman–Crippen LogP) is 3.78. The van der Waals surface area contributed by atoms with Crippen LogP contribution in [0.3, 0.4) is 0 Å². The van der Waals surface area contributed by atoms with E-state index in [1.165, 1.54) is 17.8 Å². The number of amides is 1. The number of hydrogen-bond acceptors (Lipinski definition) is 3. The van der Waals surface area contributed by atoms with E-state index in [4.69, 9.17) is 5.73 Å². The van der Waals surface area contributed by atoms with Crippen molar-refractivity contribution in [3.63, 3.8) is 0 Å². The third-order valence-electron chi connectivity index (χ3n) is 3.50. The molecule has 3 nitrogen and oxygen atoms in total. The Morgan fingerprint density at radius 3 is 2.74 bits per heavy atom. The Kier molecular flexibility index (Phi) is 6.47. The molecule has 0 saturated carbocycles. The van der Waals surface area contributed by atoms with Crippen molar-refractivity contribution in [1.29, 1.82) is 0 Å². The molecule has 0 aromatic heterocycles. The van der Waals surface area contributed by atoms with Crippen molar-refractivity contribution < 1.29 is 9.18 Å². The number of rotatable bonds is 6. The average Bonchev–Trinajstić information content (AvgIpc) is 2.55. The van der Waals surface area contributed by atoms with Gasteiger partial charge in [0.15, 0.2) is 0 Å². The van der Waals surface area contributed by atoms with E-state index in [1.54, 1.807) is 25.2 Å². The molecule has 0 aliphatic carbocycles. The lowest BCUT2D eigenvalue weighted by Crippen LogP contribution is -2.20. The van der Waals surface area contributed by atoms with Crippen LogP contribution in [0.4, 0.5) is 10.1 Å². The molecule has 3 N–H and O–H groups in total. The maximum absolute atomic E-state index is 14.3. The van der Waals surface area contributed by atoms with Crippen molar-refractivity contribution in [2.75, 3.05) is 24.3 Å². The van der Waals surface area contributed by atoms with Gasteiger partial charge in [-0.05, 0) is 35.4 Å². The van der Waals surface area contributed by atoms with Gasteiger partial charge < -0.3 is 11.1 Å². The molecular weight excluding hydrogens is 379 g/mol. The van der Waals surface area contributed by atoms with E-state index in [1.807, 2.05) is 18.2 Å². The van der Waals surface area contributed by atoms with Crippen LogP contribution in [0.25, 0.3) is 0 Å². The molecule has 1 unspecified atom stereocenters. The average molecular weight is 397 g/mol. The van der Waals surface area contributed by atoms with Crippen LogP contribution in [-0.2, 0) is 4.79 Å². The highest BCUT2D eigenvalue weighted by atomic mass is 79.9. The van der Waals surface area contributed by atoms with Crippen LogP contribution in [0.5, 0.6) is 0 Å². The van der Waals surface area contributed by atoms with Gasteiger partial charge in [-0.1, -0.05) is 34.1 Å². The second-order valence-electron chi connectivity index (χ2n) is 5.04. The van der Waals surface area contributed by atoms with Gasteiger partial charge in [0.05, 0.1) is 5.75 Å². The second-order valence-corrected chi connectivity index (χ2v) is 6.98. The van der Waals surface area contributed by atoms with Crippen LogP contribution < -0.4 is 11.1 Å². The van der Waals surface area contributed by atoms with Gasteiger partial charge in [-0.15, -0.1) is 0 Å². The summed E-state index contributed by atoms with van der Waals surface area (Å²) in [7, 11) is 1.60. The van der Waals surface area contributed by atoms with E-state index in [-0.39, 0.29) is 17.6 Å². The number of nitrogens with two attached hydrogens (primary N) is 1. The summed E-state index contributed by atoms with van der Waals surface area (Å²) in [6.07, 6.45) is 0. The quantitative estimate of drug-likeness (QED) is 0.730. The molecule has 6 heteroatoms. The Morgan fingerprint density at radius 1 is 1.30 bits per heavy atom. The summed E-state index contributed by atoms with van der Waals surface area (Å²) in [5.41, 5.74) is 8.16. The molecule has 2 aromatic carbocycles. The molecule has 122 valence electrons. The summed E-state index contributed by atoms with van der Waals surface area (Å²) in [5.74, 6) is 0.356. The number of carbonyl (C=O) groups is 1.